The average molecular weight is 194 g/mol. The minimum atomic E-state index is -0.565. The van der Waals surface area contributed by atoms with Gasteiger partial charge in [0.05, 0.1) is 11.8 Å². The van der Waals surface area contributed by atoms with E-state index in [0.29, 0.717) is 0 Å². The SMILES string of the molecule is O=C(NC1CCC1)c1ccncc1F. The third-order valence-electron chi connectivity index (χ3n) is 2.46. The third kappa shape index (κ3) is 1.73. The highest BCUT2D eigenvalue weighted by atomic mass is 19.1. The van der Waals surface area contributed by atoms with Gasteiger partial charge in [-0.15, -0.1) is 0 Å². The van der Waals surface area contributed by atoms with Crippen LogP contribution in [0.2, 0.25) is 0 Å². The molecule has 74 valence electrons. The van der Waals surface area contributed by atoms with Crippen molar-refractivity contribution >= 4 is 5.91 Å². The predicted octanol–water partition coefficient (Wildman–Crippen LogP) is 1.50. The second kappa shape index (κ2) is 3.74. The number of pyridine rings is 1. The largest absolute Gasteiger partial charge is 0.349 e. The van der Waals surface area contributed by atoms with E-state index >= 15 is 0 Å². The molecule has 0 bridgehead atoms. The molecule has 3 nitrogen and oxygen atoms in total. The summed E-state index contributed by atoms with van der Waals surface area (Å²) in [6.45, 7) is 0. The molecule has 0 saturated heterocycles. The summed E-state index contributed by atoms with van der Waals surface area (Å²) >= 11 is 0. The smallest absolute Gasteiger partial charge is 0.254 e. The highest BCUT2D eigenvalue weighted by Crippen LogP contribution is 2.18. The standard InChI is InChI=1S/C10H11FN2O/c11-9-6-12-5-4-8(9)10(14)13-7-2-1-3-7/h4-7H,1-3H2,(H,13,14). The summed E-state index contributed by atoms with van der Waals surface area (Å²) in [5.74, 6) is -0.904. The van der Waals surface area contributed by atoms with Crippen LogP contribution in [0, 0.1) is 5.82 Å². The fourth-order valence-corrected chi connectivity index (χ4v) is 1.38. The molecule has 1 aromatic rings. The van der Waals surface area contributed by atoms with Crippen LogP contribution in [-0.4, -0.2) is 16.9 Å². The number of carbonyl (C=O) groups excluding carboxylic acids is 1. The molecule has 0 aliphatic heterocycles. The second-order valence-electron chi connectivity index (χ2n) is 3.46. The van der Waals surface area contributed by atoms with Gasteiger partial charge in [0.1, 0.15) is 0 Å². The summed E-state index contributed by atoms with van der Waals surface area (Å²) in [4.78, 5) is 15.1. The van der Waals surface area contributed by atoms with Gasteiger partial charge >= 0.3 is 0 Å². The first-order valence-electron chi connectivity index (χ1n) is 4.68. The van der Waals surface area contributed by atoms with E-state index in [0.717, 1.165) is 25.5 Å². The van der Waals surface area contributed by atoms with Crippen molar-refractivity contribution in [2.75, 3.05) is 0 Å². The predicted molar refractivity (Wildman–Crippen MR) is 49.3 cm³/mol. The zero-order chi connectivity index (χ0) is 9.97. The van der Waals surface area contributed by atoms with Gasteiger partial charge in [0.2, 0.25) is 0 Å². The van der Waals surface area contributed by atoms with E-state index < -0.39 is 5.82 Å². The molecule has 4 heteroatoms. The van der Waals surface area contributed by atoms with Gasteiger partial charge in [0, 0.05) is 12.2 Å². The maximum Gasteiger partial charge on any atom is 0.254 e. The van der Waals surface area contributed by atoms with Crippen LogP contribution in [0.1, 0.15) is 29.6 Å². The summed E-state index contributed by atoms with van der Waals surface area (Å²) in [5, 5.41) is 2.77. The van der Waals surface area contributed by atoms with Crippen molar-refractivity contribution < 1.29 is 9.18 Å². The Hall–Kier alpha value is -1.45. The number of hydrogen-bond acceptors (Lipinski definition) is 2. The van der Waals surface area contributed by atoms with Crippen molar-refractivity contribution in [2.24, 2.45) is 0 Å². The van der Waals surface area contributed by atoms with E-state index in [4.69, 9.17) is 0 Å². The molecular formula is C10H11FN2O. The molecule has 0 aromatic carbocycles. The van der Waals surface area contributed by atoms with Crippen molar-refractivity contribution in [1.29, 1.82) is 0 Å². The Morgan fingerprint density at radius 2 is 2.36 bits per heavy atom. The van der Waals surface area contributed by atoms with Crippen LogP contribution in [0.4, 0.5) is 4.39 Å². The molecule has 1 N–H and O–H groups in total. The Bertz CT molecular complexity index is 350. The summed E-state index contributed by atoms with van der Waals surface area (Å²) < 4.78 is 13.1. The molecule has 0 atom stereocenters. The molecule has 0 spiro atoms. The Balaban J connectivity index is 2.06. The molecular weight excluding hydrogens is 183 g/mol. The number of halogens is 1. The highest BCUT2D eigenvalue weighted by molar-refractivity contribution is 5.94. The van der Waals surface area contributed by atoms with Crippen LogP contribution in [-0.2, 0) is 0 Å². The first-order chi connectivity index (χ1) is 6.77. The van der Waals surface area contributed by atoms with Crippen LogP contribution < -0.4 is 5.32 Å². The summed E-state index contributed by atoms with van der Waals surface area (Å²) in [5.41, 5.74) is 0.0758. The molecule has 2 rings (SSSR count). The van der Waals surface area contributed by atoms with E-state index in [1.54, 1.807) is 0 Å². The van der Waals surface area contributed by atoms with Crippen molar-refractivity contribution in [3.63, 3.8) is 0 Å². The van der Waals surface area contributed by atoms with E-state index in [1.165, 1.54) is 12.3 Å². The Kier molecular flexibility index (Phi) is 2.43. The minimum Gasteiger partial charge on any atom is -0.349 e. The average Bonchev–Trinajstić information content (AvgIpc) is 2.12. The first kappa shape index (κ1) is 9.12. The molecule has 1 saturated carbocycles. The summed E-state index contributed by atoms with van der Waals surface area (Å²) in [7, 11) is 0. The molecule has 1 aromatic heterocycles. The number of nitrogens with zero attached hydrogens (tertiary/aromatic N) is 1. The minimum absolute atomic E-state index is 0.0758. The van der Waals surface area contributed by atoms with E-state index in [1.807, 2.05) is 0 Å². The molecule has 0 unspecified atom stereocenters. The quantitative estimate of drug-likeness (QED) is 0.775. The van der Waals surface area contributed by atoms with Gasteiger partial charge in [-0.05, 0) is 25.3 Å². The van der Waals surface area contributed by atoms with Crippen molar-refractivity contribution in [3.05, 3.63) is 29.8 Å². The van der Waals surface area contributed by atoms with Gasteiger partial charge in [-0.25, -0.2) is 4.39 Å². The van der Waals surface area contributed by atoms with Crippen molar-refractivity contribution in [1.82, 2.24) is 10.3 Å². The van der Waals surface area contributed by atoms with Crippen LogP contribution >= 0.6 is 0 Å². The summed E-state index contributed by atoms with van der Waals surface area (Å²) in [6, 6.07) is 1.62. The lowest BCUT2D eigenvalue weighted by atomic mass is 9.93. The van der Waals surface area contributed by atoms with Gasteiger partial charge in [-0.2, -0.15) is 0 Å². The molecule has 0 radical (unpaired) electrons. The lowest BCUT2D eigenvalue weighted by Gasteiger charge is -2.26. The number of hydrogen-bond donors (Lipinski definition) is 1. The van der Waals surface area contributed by atoms with Crippen LogP contribution in [0.15, 0.2) is 18.5 Å². The molecule has 1 amide bonds. The highest BCUT2D eigenvalue weighted by Gasteiger charge is 2.21. The number of nitrogens with one attached hydrogen (secondary N) is 1. The third-order valence-corrected chi connectivity index (χ3v) is 2.46. The topological polar surface area (TPSA) is 42.0 Å². The Morgan fingerprint density at radius 1 is 1.57 bits per heavy atom. The second-order valence-corrected chi connectivity index (χ2v) is 3.46. The first-order valence-corrected chi connectivity index (χ1v) is 4.68. The van der Waals surface area contributed by atoms with Crippen molar-refractivity contribution in [2.45, 2.75) is 25.3 Å². The lowest BCUT2D eigenvalue weighted by Crippen LogP contribution is -2.39. The maximum atomic E-state index is 13.1. The zero-order valence-electron chi connectivity index (χ0n) is 7.66. The van der Waals surface area contributed by atoms with Gasteiger partial charge in [0.15, 0.2) is 5.82 Å². The number of carbonyl (C=O) groups is 1. The van der Waals surface area contributed by atoms with E-state index in [-0.39, 0.29) is 17.5 Å². The van der Waals surface area contributed by atoms with Gasteiger partial charge in [0.25, 0.3) is 5.91 Å². The Labute approximate surface area is 81.3 Å². The van der Waals surface area contributed by atoms with Crippen LogP contribution in [0.5, 0.6) is 0 Å². The number of aromatic nitrogens is 1. The molecule has 1 aliphatic rings. The molecule has 1 heterocycles. The van der Waals surface area contributed by atoms with Gasteiger partial charge < -0.3 is 5.32 Å². The zero-order valence-corrected chi connectivity index (χ0v) is 7.66. The van der Waals surface area contributed by atoms with Gasteiger partial charge in [-0.1, -0.05) is 0 Å². The normalized spacial score (nSPS) is 16.1. The number of amides is 1. The van der Waals surface area contributed by atoms with Crippen molar-refractivity contribution in [3.8, 4) is 0 Å². The Morgan fingerprint density at radius 3 is 2.93 bits per heavy atom. The molecule has 1 fully saturated rings. The number of rotatable bonds is 2. The lowest BCUT2D eigenvalue weighted by molar-refractivity contribution is 0.0912. The maximum absolute atomic E-state index is 13.1. The fraction of sp³-hybridized carbons (Fsp3) is 0.400. The fourth-order valence-electron chi connectivity index (χ4n) is 1.38. The van der Waals surface area contributed by atoms with E-state index in [2.05, 4.69) is 10.3 Å². The molecule has 14 heavy (non-hydrogen) atoms. The van der Waals surface area contributed by atoms with Gasteiger partial charge in [-0.3, -0.25) is 9.78 Å². The summed E-state index contributed by atoms with van der Waals surface area (Å²) in [6.07, 6.45) is 5.61. The van der Waals surface area contributed by atoms with E-state index in [9.17, 15) is 9.18 Å². The van der Waals surface area contributed by atoms with Crippen LogP contribution in [0.25, 0.3) is 0 Å². The monoisotopic (exact) mass is 194 g/mol. The van der Waals surface area contributed by atoms with Crippen LogP contribution in [0.3, 0.4) is 0 Å². The molecule has 1 aliphatic carbocycles.